The lowest BCUT2D eigenvalue weighted by Gasteiger charge is -2.07. The second-order valence-corrected chi connectivity index (χ2v) is 23.5. The van der Waals surface area contributed by atoms with Gasteiger partial charge in [-0.1, -0.05) is 12.1 Å². The number of nitrogens with one attached hydrogen (secondary N) is 4. The van der Waals surface area contributed by atoms with Crippen molar-refractivity contribution >= 4 is 130 Å². The SMILES string of the molecule is O=C(O)c1ccc2c(c1)-c1nc-2nc2[nH]c(nc3nc(nc4[nH]c(n1)c1ccc(C(=O)O)cc41)-c1ccc(C(=O)c4ccc5c(c4)-c4nc-5nc5[nH]c(nc6nc(nc7[nH]c(n4)c4ccc(C(=O)O)cc74)-c4ccc(C(=O)O)cc4-6)c4ccc(C(=O)O)cc54)cc1-3)c1ccc(C(=O)O)cc21. The number of rotatable bonds is 8. The Morgan fingerprint density at radius 1 is 0.200 bits per heavy atom. The van der Waals surface area contributed by atoms with Gasteiger partial charge in [0.2, 0.25) is 0 Å². The summed E-state index contributed by atoms with van der Waals surface area (Å²) in [4.78, 5) is 162. The van der Waals surface area contributed by atoms with E-state index >= 15 is 4.79 Å². The van der Waals surface area contributed by atoms with Crippen molar-refractivity contribution in [2.24, 2.45) is 0 Å². The molecule has 14 aromatic rings. The Labute approximate surface area is 552 Å². The minimum atomic E-state index is -1.23. The Morgan fingerprint density at radius 2 is 0.380 bits per heavy atom. The molecular formula is C71H34N16O13. The van der Waals surface area contributed by atoms with Gasteiger partial charge in [-0.25, -0.2) is 88.6 Å². The van der Waals surface area contributed by atoms with E-state index in [9.17, 15) is 59.4 Å². The summed E-state index contributed by atoms with van der Waals surface area (Å²) in [6, 6.07) is 35.5. The molecule has 0 saturated heterocycles. The molecule has 0 aliphatic carbocycles. The van der Waals surface area contributed by atoms with Crippen LogP contribution < -0.4 is 0 Å². The maximum atomic E-state index is 15.4. The fourth-order valence-electron chi connectivity index (χ4n) is 12.8. The first kappa shape index (κ1) is 57.6. The van der Waals surface area contributed by atoms with Gasteiger partial charge in [0.15, 0.2) is 52.4 Å². The molecule has 8 aromatic carbocycles. The number of benzene rings is 8. The van der Waals surface area contributed by atoms with Gasteiger partial charge in [-0.05, 0) is 133 Å². The number of aromatic amines is 4. The number of carboxylic acid groups (broad SMARTS) is 6. The summed E-state index contributed by atoms with van der Waals surface area (Å²) >= 11 is 0. The number of hydrogen-bond acceptors (Lipinski definition) is 19. The van der Waals surface area contributed by atoms with Crippen LogP contribution in [0.25, 0.3) is 179 Å². The van der Waals surface area contributed by atoms with Crippen LogP contribution in [-0.2, 0) is 0 Å². The zero-order chi connectivity index (χ0) is 68.4. The molecule has 0 radical (unpaired) electrons. The lowest BCUT2D eigenvalue weighted by Crippen LogP contribution is -2.02. The predicted molar refractivity (Wildman–Crippen MR) is 357 cm³/mol. The molecule has 10 heterocycles. The van der Waals surface area contributed by atoms with Gasteiger partial charge in [0.05, 0.1) is 33.4 Å². The van der Waals surface area contributed by atoms with Gasteiger partial charge in [0, 0.05) is 98.7 Å². The van der Waals surface area contributed by atoms with E-state index in [1.807, 2.05) is 0 Å². The van der Waals surface area contributed by atoms with Crippen molar-refractivity contribution in [3.63, 3.8) is 0 Å². The van der Waals surface area contributed by atoms with Crippen molar-refractivity contribution < 1.29 is 64.2 Å². The molecular weight excluding hydrogens is 1280 g/mol. The van der Waals surface area contributed by atoms with Crippen molar-refractivity contribution in [1.29, 1.82) is 0 Å². The predicted octanol–water partition coefficient (Wildman–Crippen LogP) is 11.5. The zero-order valence-corrected chi connectivity index (χ0v) is 50.3. The molecule has 0 atom stereocenters. The van der Waals surface area contributed by atoms with E-state index in [-0.39, 0.29) is 136 Å². The van der Waals surface area contributed by atoms with E-state index in [0.29, 0.717) is 87.6 Å². The number of aromatic nitrogens is 16. The van der Waals surface area contributed by atoms with Crippen LogP contribution in [0.1, 0.15) is 78.1 Å². The van der Waals surface area contributed by atoms with Gasteiger partial charge in [0.1, 0.15) is 45.2 Å². The van der Waals surface area contributed by atoms with Crippen molar-refractivity contribution in [3.05, 3.63) is 190 Å². The first-order valence-electron chi connectivity index (χ1n) is 30.0. The molecule has 18 rings (SSSR count). The molecule has 10 N–H and O–H groups in total. The highest BCUT2D eigenvalue weighted by Gasteiger charge is 2.29. The third kappa shape index (κ3) is 8.99. The molecule has 29 nitrogen and oxygen atoms in total. The van der Waals surface area contributed by atoms with Crippen molar-refractivity contribution in [2.45, 2.75) is 0 Å². The Bertz CT molecular complexity index is 6250. The summed E-state index contributed by atoms with van der Waals surface area (Å²) in [5, 5.41) is 63.7. The van der Waals surface area contributed by atoms with Gasteiger partial charge in [-0.2, -0.15) is 0 Å². The van der Waals surface area contributed by atoms with Crippen molar-refractivity contribution in [1.82, 2.24) is 79.7 Å². The third-order valence-corrected chi connectivity index (χ3v) is 17.7. The standard InChI is InChI=1S/C71H34N16O13/c88-49(25-1-9-33-41(17-25)58-72-50(33)76-60-45-21-29(68(93)94)5-13-37(45)54(80-60)84-64-47-23-31(70(97)98)7-15-39(47)56(86-64)82-62-43-19-27(66(89)90)3-11-35(43)52(74-58)78-62)26-2-10-34-42(18-26)59-73-51(34)77-61-46-22-30(69(95)96)6-14-38(46)55(81-61)85-65-48-24-32(71(99)100)8-16-40(48)57(87-65)83-63-44-20-28(67(91)92)4-12-36(44)53(75-59)79-63/h1-24H,(H,89,90)(H,91,92)(H,93,94)(H,95,96)(H,97,98)(H,99,100)(H2,72,74,76,78,80,82,84,86)(H2,73,75,77,79,81,83,85,87). The molecule has 476 valence electrons. The minimum absolute atomic E-state index is 0.0244. The average molecular weight is 1320 g/mol. The monoisotopic (exact) mass is 1320 g/mol. The summed E-state index contributed by atoms with van der Waals surface area (Å²) in [7, 11) is 0. The van der Waals surface area contributed by atoms with Crippen LogP contribution in [0.2, 0.25) is 0 Å². The fraction of sp³-hybridized carbons (Fsp3) is 0. The van der Waals surface area contributed by atoms with Crippen LogP contribution >= 0.6 is 0 Å². The molecule has 4 aliphatic heterocycles. The highest BCUT2D eigenvalue weighted by atomic mass is 16.4. The van der Waals surface area contributed by atoms with Gasteiger partial charge in [-0.3, -0.25) is 4.79 Å². The minimum Gasteiger partial charge on any atom is -0.478 e. The highest BCUT2D eigenvalue weighted by Crippen LogP contribution is 2.42. The summed E-state index contributed by atoms with van der Waals surface area (Å²) in [5.74, 6) is -7.50. The molecule has 0 fully saturated rings. The number of fused-ring (bicyclic) bond motifs is 40. The van der Waals surface area contributed by atoms with E-state index in [1.54, 1.807) is 60.7 Å². The molecule has 0 spiro atoms. The number of carboxylic acids is 6. The third-order valence-electron chi connectivity index (χ3n) is 17.7. The van der Waals surface area contributed by atoms with Gasteiger partial charge >= 0.3 is 35.8 Å². The number of aromatic carboxylic acids is 6. The number of carbonyl (C=O) groups is 7. The summed E-state index contributed by atoms with van der Waals surface area (Å²) in [5.41, 5.74) is 3.50. The van der Waals surface area contributed by atoms with Crippen LogP contribution in [-0.4, -0.2) is 152 Å². The summed E-state index contributed by atoms with van der Waals surface area (Å²) in [6.45, 7) is 0. The Hall–Kier alpha value is -15.0. The largest absolute Gasteiger partial charge is 0.478 e. The summed E-state index contributed by atoms with van der Waals surface area (Å²) < 4.78 is 0. The quantitative estimate of drug-likeness (QED) is 0.0632. The fourth-order valence-corrected chi connectivity index (χ4v) is 12.8. The van der Waals surface area contributed by atoms with Gasteiger partial charge in [0.25, 0.3) is 0 Å². The number of H-pyrrole nitrogens is 4. The molecule has 29 heteroatoms. The molecule has 4 aliphatic rings. The first-order chi connectivity index (χ1) is 48.3. The first-order valence-corrected chi connectivity index (χ1v) is 30.0. The van der Waals surface area contributed by atoms with Gasteiger partial charge in [-0.15, -0.1) is 0 Å². The highest BCUT2D eigenvalue weighted by molar-refractivity contribution is 6.14. The Kier molecular flexibility index (Phi) is 12.1. The van der Waals surface area contributed by atoms with Crippen LogP contribution in [0.3, 0.4) is 0 Å². The molecule has 0 saturated carbocycles. The lowest BCUT2D eigenvalue weighted by molar-refractivity contribution is 0.0686. The molecule has 0 amide bonds. The van der Waals surface area contributed by atoms with E-state index in [0.717, 1.165) is 0 Å². The van der Waals surface area contributed by atoms with Crippen LogP contribution in [0.5, 0.6) is 0 Å². The second-order valence-electron chi connectivity index (χ2n) is 23.5. The van der Waals surface area contributed by atoms with Crippen molar-refractivity contribution in [2.75, 3.05) is 0 Å². The van der Waals surface area contributed by atoms with E-state index in [1.165, 1.54) is 84.9 Å². The Morgan fingerprint density at radius 3 is 0.610 bits per heavy atom. The van der Waals surface area contributed by atoms with Crippen LogP contribution in [0, 0.1) is 0 Å². The van der Waals surface area contributed by atoms with E-state index < -0.39 is 41.6 Å². The normalized spacial score (nSPS) is 11.9. The maximum absolute atomic E-state index is 15.4. The van der Waals surface area contributed by atoms with E-state index in [2.05, 4.69) is 19.9 Å². The smallest absolute Gasteiger partial charge is 0.335 e. The molecule has 6 aromatic heterocycles. The summed E-state index contributed by atoms with van der Waals surface area (Å²) in [6.07, 6.45) is 0. The average Bonchev–Trinajstić information content (AvgIpc) is 1.60. The number of hydrogen-bond donors (Lipinski definition) is 10. The molecule has 0 unspecified atom stereocenters. The maximum Gasteiger partial charge on any atom is 0.335 e. The number of carbonyl (C=O) groups excluding carboxylic acids is 1. The lowest BCUT2D eigenvalue weighted by atomic mass is 9.96. The number of ketones is 1. The van der Waals surface area contributed by atoms with Gasteiger partial charge < -0.3 is 50.6 Å². The molecule has 100 heavy (non-hydrogen) atoms. The topological polar surface area (TPSA) is 459 Å². The molecule has 16 bridgehead atoms. The van der Waals surface area contributed by atoms with Crippen molar-refractivity contribution in [3.8, 4) is 91.1 Å². The number of nitrogens with zero attached hydrogens (tertiary/aromatic N) is 12. The zero-order valence-electron chi connectivity index (χ0n) is 50.3. The van der Waals surface area contributed by atoms with Crippen LogP contribution in [0.4, 0.5) is 0 Å². The second kappa shape index (κ2) is 21.0. The Balaban J connectivity index is 0.843. The van der Waals surface area contributed by atoms with Crippen LogP contribution in [0.15, 0.2) is 146 Å². The van der Waals surface area contributed by atoms with E-state index in [4.69, 9.17) is 59.8 Å².